The number of hydrogen-bond donors (Lipinski definition) is 0. The third kappa shape index (κ3) is 4.70. The summed E-state index contributed by atoms with van der Waals surface area (Å²) in [7, 11) is 1.78. The standard InChI is InChI=1S/C22H28N2O/c1-18(20-12-7-4-8-13-20)22(16-19-10-5-3-6-11-19)23-24-15-9-14-21(24)17-25-2/h3-8,10-13,18,21H,9,14-17H2,1-2H3/b23-22+. The zero-order valence-corrected chi connectivity index (χ0v) is 15.3. The van der Waals surface area contributed by atoms with E-state index < -0.39 is 0 Å². The summed E-state index contributed by atoms with van der Waals surface area (Å²) in [5.41, 5.74) is 3.85. The van der Waals surface area contributed by atoms with Crippen molar-refractivity contribution in [1.29, 1.82) is 0 Å². The summed E-state index contributed by atoms with van der Waals surface area (Å²) in [4.78, 5) is 0. The van der Waals surface area contributed by atoms with Crippen LogP contribution < -0.4 is 0 Å². The lowest BCUT2D eigenvalue weighted by molar-refractivity contribution is 0.117. The second kappa shape index (κ2) is 8.82. The van der Waals surface area contributed by atoms with Gasteiger partial charge in [0.05, 0.1) is 12.6 Å². The van der Waals surface area contributed by atoms with Crippen LogP contribution in [0.15, 0.2) is 65.8 Å². The molecule has 0 spiro atoms. The lowest BCUT2D eigenvalue weighted by Gasteiger charge is -2.25. The van der Waals surface area contributed by atoms with Crippen LogP contribution in [0.3, 0.4) is 0 Å². The molecule has 0 N–H and O–H groups in total. The van der Waals surface area contributed by atoms with Crippen molar-refractivity contribution in [3.8, 4) is 0 Å². The van der Waals surface area contributed by atoms with Gasteiger partial charge < -0.3 is 4.74 Å². The summed E-state index contributed by atoms with van der Waals surface area (Å²) >= 11 is 0. The maximum atomic E-state index is 5.39. The summed E-state index contributed by atoms with van der Waals surface area (Å²) in [6, 6.07) is 21.7. The lowest BCUT2D eigenvalue weighted by atomic mass is 9.92. The van der Waals surface area contributed by atoms with E-state index >= 15 is 0 Å². The molecule has 132 valence electrons. The minimum absolute atomic E-state index is 0.296. The van der Waals surface area contributed by atoms with E-state index in [0.29, 0.717) is 12.0 Å². The Labute approximate surface area is 151 Å². The molecule has 0 aromatic heterocycles. The highest BCUT2D eigenvalue weighted by molar-refractivity contribution is 5.92. The van der Waals surface area contributed by atoms with Crippen LogP contribution in [0.5, 0.6) is 0 Å². The first kappa shape index (κ1) is 17.7. The number of nitrogens with zero attached hydrogens (tertiary/aromatic N) is 2. The monoisotopic (exact) mass is 336 g/mol. The van der Waals surface area contributed by atoms with Gasteiger partial charge in [0.15, 0.2) is 0 Å². The molecule has 25 heavy (non-hydrogen) atoms. The highest BCUT2D eigenvalue weighted by atomic mass is 16.5. The zero-order valence-electron chi connectivity index (χ0n) is 15.3. The van der Waals surface area contributed by atoms with Gasteiger partial charge in [-0.1, -0.05) is 67.6 Å². The fraction of sp³-hybridized carbons (Fsp3) is 0.409. The molecule has 2 unspecified atom stereocenters. The van der Waals surface area contributed by atoms with Crippen molar-refractivity contribution in [3.05, 3.63) is 71.8 Å². The van der Waals surface area contributed by atoms with Gasteiger partial charge in [-0.05, 0) is 24.0 Å². The number of benzene rings is 2. The molecule has 2 aromatic rings. The average Bonchev–Trinajstić information content (AvgIpc) is 3.09. The highest BCUT2D eigenvalue weighted by Gasteiger charge is 2.25. The molecule has 1 heterocycles. The molecule has 3 nitrogen and oxygen atoms in total. The van der Waals surface area contributed by atoms with Crippen molar-refractivity contribution in [2.75, 3.05) is 20.3 Å². The topological polar surface area (TPSA) is 24.8 Å². The average molecular weight is 336 g/mol. The minimum atomic E-state index is 0.296. The molecule has 1 aliphatic rings. The van der Waals surface area contributed by atoms with E-state index in [1.807, 2.05) is 0 Å². The minimum Gasteiger partial charge on any atom is -0.382 e. The number of rotatable bonds is 7. The summed E-state index contributed by atoms with van der Waals surface area (Å²) in [5.74, 6) is 0.296. The van der Waals surface area contributed by atoms with E-state index in [1.165, 1.54) is 23.3 Å². The molecule has 0 aliphatic carbocycles. The highest BCUT2D eigenvalue weighted by Crippen LogP contribution is 2.23. The van der Waals surface area contributed by atoms with E-state index in [2.05, 4.69) is 72.6 Å². The van der Waals surface area contributed by atoms with Gasteiger partial charge in [0.2, 0.25) is 0 Å². The van der Waals surface area contributed by atoms with Crippen LogP contribution in [0.4, 0.5) is 0 Å². The third-order valence-corrected chi connectivity index (χ3v) is 4.99. The first-order valence-corrected chi connectivity index (χ1v) is 9.19. The predicted molar refractivity (Wildman–Crippen MR) is 104 cm³/mol. The quantitative estimate of drug-likeness (QED) is 0.696. The van der Waals surface area contributed by atoms with Crippen LogP contribution in [0.25, 0.3) is 0 Å². The lowest BCUT2D eigenvalue weighted by Crippen LogP contribution is -2.30. The van der Waals surface area contributed by atoms with E-state index in [-0.39, 0.29) is 0 Å². The molecular formula is C22H28N2O. The molecular weight excluding hydrogens is 308 g/mol. The van der Waals surface area contributed by atoms with Gasteiger partial charge >= 0.3 is 0 Å². The van der Waals surface area contributed by atoms with Crippen LogP contribution in [-0.4, -0.2) is 37.0 Å². The summed E-state index contributed by atoms with van der Waals surface area (Å²) in [6.07, 6.45) is 3.23. The number of hydrazone groups is 1. The summed E-state index contributed by atoms with van der Waals surface area (Å²) < 4.78 is 5.39. The molecule has 1 aliphatic heterocycles. The normalized spacial score (nSPS) is 19.2. The number of hydrogen-bond acceptors (Lipinski definition) is 3. The predicted octanol–water partition coefficient (Wildman–Crippen LogP) is 4.50. The maximum absolute atomic E-state index is 5.39. The smallest absolute Gasteiger partial charge is 0.0704 e. The van der Waals surface area contributed by atoms with Gasteiger partial charge in [-0.3, -0.25) is 5.01 Å². The van der Waals surface area contributed by atoms with Gasteiger partial charge in [0.1, 0.15) is 0 Å². The van der Waals surface area contributed by atoms with E-state index in [9.17, 15) is 0 Å². The molecule has 1 saturated heterocycles. The largest absolute Gasteiger partial charge is 0.382 e. The first-order chi connectivity index (χ1) is 12.3. The number of methoxy groups -OCH3 is 1. The Morgan fingerprint density at radius 2 is 1.80 bits per heavy atom. The van der Waals surface area contributed by atoms with Crippen LogP contribution in [-0.2, 0) is 11.2 Å². The van der Waals surface area contributed by atoms with E-state index in [4.69, 9.17) is 9.84 Å². The Morgan fingerprint density at radius 3 is 2.48 bits per heavy atom. The summed E-state index contributed by atoms with van der Waals surface area (Å²) in [5, 5.41) is 7.37. The third-order valence-electron chi connectivity index (χ3n) is 4.99. The molecule has 3 heteroatoms. The van der Waals surface area contributed by atoms with Gasteiger partial charge in [-0.2, -0.15) is 5.10 Å². The molecule has 3 rings (SSSR count). The zero-order chi connectivity index (χ0) is 17.5. The molecule has 0 bridgehead atoms. The molecule has 1 fully saturated rings. The second-order valence-corrected chi connectivity index (χ2v) is 6.80. The second-order valence-electron chi connectivity index (χ2n) is 6.80. The number of ether oxygens (including phenoxy) is 1. The molecule has 0 saturated carbocycles. The van der Waals surface area contributed by atoms with Crippen LogP contribution in [0.1, 0.15) is 36.8 Å². The Bertz CT molecular complexity index is 669. The SMILES string of the molecule is COCC1CCCN1/N=C(\Cc1ccccc1)C(C)c1ccccc1. The fourth-order valence-electron chi connectivity index (χ4n) is 3.49. The Kier molecular flexibility index (Phi) is 6.24. The van der Waals surface area contributed by atoms with Crippen LogP contribution >= 0.6 is 0 Å². The van der Waals surface area contributed by atoms with Gasteiger partial charge in [-0.25, -0.2) is 0 Å². The molecule has 0 radical (unpaired) electrons. The van der Waals surface area contributed by atoms with Crippen molar-refractivity contribution >= 4 is 5.71 Å². The molecule has 2 aromatic carbocycles. The Morgan fingerprint density at radius 1 is 1.12 bits per heavy atom. The van der Waals surface area contributed by atoms with Crippen LogP contribution in [0, 0.1) is 0 Å². The van der Waals surface area contributed by atoms with E-state index in [1.54, 1.807) is 7.11 Å². The first-order valence-electron chi connectivity index (χ1n) is 9.19. The van der Waals surface area contributed by atoms with Crippen molar-refractivity contribution in [1.82, 2.24) is 5.01 Å². The van der Waals surface area contributed by atoms with Crippen molar-refractivity contribution in [2.24, 2.45) is 5.10 Å². The van der Waals surface area contributed by atoms with Crippen LogP contribution in [0.2, 0.25) is 0 Å². The summed E-state index contributed by atoms with van der Waals surface area (Å²) in [6.45, 7) is 4.04. The molecule has 2 atom stereocenters. The van der Waals surface area contributed by atoms with Gasteiger partial charge in [0.25, 0.3) is 0 Å². The Balaban J connectivity index is 1.87. The van der Waals surface area contributed by atoms with Crippen molar-refractivity contribution in [3.63, 3.8) is 0 Å². The maximum Gasteiger partial charge on any atom is 0.0704 e. The fourth-order valence-corrected chi connectivity index (χ4v) is 3.49. The van der Waals surface area contributed by atoms with Crippen molar-refractivity contribution < 1.29 is 4.74 Å². The van der Waals surface area contributed by atoms with Crippen molar-refractivity contribution in [2.45, 2.75) is 38.1 Å². The molecule has 0 amide bonds. The van der Waals surface area contributed by atoms with Gasteiger partial charge in [-0.15, -0.1) is 0 Å². The Hall–Kier alpha value is -2.13. The van der Waals surface area contributed by atoms with E-state index in [0.717, 1.165) is 26.0 Å². The van der Waals surface area contributed by atoms with Gasteiger partial charge in [0, 0.05) is 31.7 Å².